The number of aliphatic hydroxyl groups excluding tert-OH is 1. The third kappa shape index (κ3) is 4.53. The summed E-state index contributed by atoms with van der Waals surface area (Å²) in [5, 5.41) is 9.96. The fourth-order valence-electron chi connectivity index (χ4n) is 3.06. The molecule has 0 spiro atoms. The maximum Gasteiger partial charge on any atom is 0.249 e. The predicted octanol–water partition coefficient (Wildman–Crippen LogP) is 1.75. The molecule has 0 aliphatic carbocycles. The second-order valence-corrected chi connectivity index (χ2v) is 6.38. The van der Waals surface area contributed by atoms with Crippen LogP contribution in [0, 0.1) is 5.92 Å². The SMILES string of the molecule is NC[C@@H](O)C[C@@H](Cc1cccnc1)C(=O)/N=C1/CCOc2ccccc21. The summed E-state index contributed by atoms with van der Waals surface area (Å²) in [5.74, 6) is 0.0596. The zero-order chi connectivity index (χ0) is 18.4. The number of nitrogens with two attached hydrogens (primary N) is 1. The average molecular weight is 353 g/mol. The van der Waals surface area contributed by atoms with E-state index in [1.165, 1.54) is 0 Å². The van der Waals surface area contributed by atoms with Crippen molar-refractivity contribution in [3.8, 4) is 5.75 Å². The van der Waals surface area contributed by atoms with Crippen LogP contribution in [0.2, 0.25) is 0 Å². The second-order valence-electron chi connectivity index (χ2n) is 6.38. The number of hydrogen-bond donors (Lipinski definition) is 2. The molecule has 0 saturated carbocycles. The molecule has 0 fully saturated rings. The van der Waals surface area contributed by atoms with Crippen molar-refractivity contribution >= 4 is 11.6 Å². The first-order valence-electron chi connectivity index (χ1n) is 8.78. The van der Waals surface area contributed by atoms with Crippen LogP contribution >= 0.6 is 0 Å². The molecule has 2 aromatic rings. The Morgan fingerprint density at radius 2 is 2.15 bits per heavy atom. The number of nitrogens with zero attached hydrogens (tertiary/aromatic N) is 2. The molecule has 0 radical (unpaired) electrons. The van der Waals surface area contributed by atoms with Gasteiger partial charge in [-0.1, -0.05) is 18.2 Å². The Hall–Kier alpha value is -2.57. The van der Waals surface area contributed by atoms with E-state index in [1.807, 2.05) is 36.4 Å². The van der Waals surface area contributed by atoms with Crippen molar-refractivity contribution in [3.05, 3.63) is 59.9 Å². The number of amides is 1. The van der Waals surface area contributed by atoms with Gasteiger partial charge < -0.3 is 15.6 Å². The Labute approximate surface area is 152 Å². The molecule has 3 rings (SSSR count). The summed E-state index contributed by atoms with van der Waals surface area (Å²) >= 11 is 0. The molecule has 1 aromatic heterocycles. The molecule has 3 N–H and O–H groups in total. The summed E-state index contributed by atoms with van der Waals surface area (Å²) in [6.07, 6.45) is 4.02. The number of ether oxygens (including phenoxy) is 1. The van der Waals surface area contributed by atoms with Gasteiger partial charge in [-0.05, 0) is 36.6 Å². The lowest BCUT2D eigenvalue weighted by Crippen LogP contribution is -2.28. The van der Waals surface area contributed by atoms with E-state index < -0.39 is 12.0 Å². The highest BCUT2D eigenvalue weighted by Gasteiger charge is 2.24. The number of benzene rings is 1. The highest BCUT2D eigenvalue weighted by atomic mass is 16.5. The number of fused-ring (bicyclic) bond motifs is 1. The van der Waals surface area contributed by atoms with Gasteiger partial charge in [-0.2, -0.15) is 0 Å². The molecule has 1 amide bonds. The van der Waals surface area contributed by atoms with Crippen LogP contribution in [0.5, 0.6) is 5.75 Å². The number of rotatable bonds is 6. The molecule has 0 saturated heterocycles. The normalized spacial score (nSPS) is 17.2. The van der Waals surface area contributed by atoms with Crippen LogP contribution in [0.1, 0.15) is 24.0 Å². The summed E-state index contributed by atoms with van der Waals surface area (Å²) < 4.78 is 5.62. The quantitative estimate of drug-likeness (QED) is 0.824. The molecule has 136 valence electrons. The van der Waals surface area contributed by atoms with E-state index >= 15 is 0 Å². The minimum Gasteiger partial charge on any atom is -0.492 e. The lowest BCUT2D eigenvalue weighted by Gasteiger charge is -2.20. The summed E-state index contributed by atoms with van der Waals surface area (Å²) in [6, 6.07) is 11.3. The Kier molecular flexibility index (Phi) is 6.09. The van der Waals surface area contributed by atoms with Gasteiger partial charge in [0.15, 0.2) is 0 Å². The molecule has 6 nitrogen and oxygen atoms in total. The van der Waals surface area contributed by atoms with Crippen LogP contribution in [0.3, 0.4) is 0 Å². The van der Waals surface area contributed by atoms with E-state index in [-0.39, 0.29) is 18.9 Å². The van der Waals surface area contributed by atoms with Crippen molar-refractivity contribution in [1.82, 2.24) is 4.98 Å². The fourth-order valence-corrected chi connectivity index (χ4v) is 3.06. The Morgan fingerprint density at radius 1 is 1.31 bits per heavy atom. The van der Waals surface area contributed by atoms with Gasteiger partial charge in [0.05, 0.1) is 18.4 Å². The van der Waals surface area contributed by atoms with E-state index in [2.05, 4.69) is 9.98 Å². The van der Waals surface area contributed by atoms with Crippen LogP contribution in [0.15, 0.2) is 53.8 Å². The minimum absolute atomic E-state index is 0.115. The molecule has 0 unspecified atom stereocenters. The molecule has 0 bridgehead atoms. The monoisotopic (exact) mass is 353 g/mol. The largest absolute Gasteiger partial charge is 0.492 e. The van der Waals surface area contributed by atoms with Crippen molar-refractivity contribution in [1.29, 1.82) is 0 Å². The molecule has 26 heavy (non-hydrogen) atoms. The molecule has 1 aliphatic heterocycles. The third-order valence-corrected chi connectivity index (χ3v) is 4.42. The van der Waals surface area contributed by atoms with Crippen LogP contribution in [0.4, 0.5) is 0 Å². The highest BCUT2D eigenvalue weighted by Crippen LogP contribution is 2.25. The maximum absolute atomic E-state index is 12.9. The zero-order valence-corrected chi connectivity index (χ0v) is 14.5. The Balaban J connectivity index is 1.83. The molecular formula is C20H23N3O3. The lowest BCUT2D eigenvalue weighted by atomic mass is 9.93. The first kappa shape index (κ1) is 18.2. The van der Waals surface area contributed by atoms with E-state index in [1.54, 1.807) is 12.4 Å². The van der Waals surface area contributed by atoms with Crippen molar-refractivity contribution in [2.24, 2.45) is 16.6 Å². The standard InChI is InChI=1S/C20H23N3O3/c21-12-16(24)11-15(10-14-4-3-8-22-13-14)20(25)23-18-7-9-26-19-6-2-1-5-17(18)19/h1-6,8,13,15-16,24H,7,9-12,21H2/b23-18-/t15-,16+/m1/s1. The second kappa shape index (κ2) is 8.69. The maximum atomic E-state index is 12.9. The number of carbonyl (C=O) groups excluding carboxylic acids is 1. The smallest absolute Gasteiger partial charge is 0.249 e. The number of pyridine rings is 1. The van der Waals surface area contributed by atoms with Crippen LogP contribution < -0.4 is 10.5 Å². The number of carbonyl (C=O) groups is 1. The predicted molar refractivity (Wildman–Crippen MR) is 99.2 cm³/mol. The van der Waals surface area contributed by atoms with Crippen molar-refractivity contribution in [2.75, 3.05) is 13.2 Å². The first-order valence-corrected chi connectivity index (χ1v) is 8.78. The van der Waals surface area contributed by atoms with Gasteiger partial charge in [-0.3, -0.25) is 9.78 Å². The number of para-hydroxylation sites is 1. The minimum atomic E-state index is -0.734. The summed E-state index contributed by atoms with van der Waals surface area (Å²) in [7, 11) is 0. The molecule has 1 aromatic carbocycles. The van der Waals surface area contributed by atoms with Crippen molar-refractivity contribution < 1.29 is 14.6 Å². The number of hydrogen-bond acceptors (Lipinski definition) is 5. The van der Waals surface area contributed by atoms with E-state index in [9.17, 15) is 9.90 Å². The van der Waals surface area contributed by atoms with Crippen molar-refractivity contribution in [2.45, 2.75) is 25.4 Å². The van der Waals surface area contributed by atoms with E-state index in [0.29, 0.717) is 19.4 Å². The first-order chi connectivity index (χ1) is 12.7. The van der Waals surface area contributed by atoms with Crippen molar-refractivity contribution in [3.63, 3.8) is 0 Å². The third-order valence-electron chi connectivity index (χ3n) is 4.42. The number of aromatic nitrogens is 1. The average Bonchev–Trinajstić information content (AvgIpc) is 2.68. The van der Waals surface area contributed by atoms with Gasteiger partial charge in [0, 0.05) is 36.8 Å². The molecular weight excluding hydrogens is 330 g/mol. The molecule has 2 atom stereocenters. The Morgan fingerprint density at radius 3 is 2.92 bits per heavy atom. The van der Waals surface area contributed by atoms with E-state index in [4.69, 9.17) is 10.5 Å². The highest BCUT2D eigenvalue weighted by molar-refractivity contribution is 6.09. The van der Waals surface area contributed by atoms with Crippen LogP contribution in [0.25, 0.3) is 0 Å². The van der Waals surface area contributed by atoms with Crippen LogP contribution in [-0.4, -0.2) is 41.0 Å². The number of aliphatic hydroxyl groups is 1. The summed E-state index contributed by atoms with van der Waals surface area (Å²) in [5.41, 5.74) is 8.05. The van der Waals surface area contributed by atoms with E-state index in [0.717, 1.165) is 22.6 Å². The van der Waals surface area contributed by atoms with Gasteiger partial charge in [0.2, 0.25) is 5.91 Å². The topological polar surface area (TPSA) is 97.8 Å². The van der Waals surface area contributed by atoms with Gasteiger partial charge in [-0.15, -0.1) is 0 Å². The number of aliphatic imine (C=N–C) groups is 1. The lowest BCUT2D eigenvalue weighted by molar-refractivity contribution is -0.122. The summed E-state index contributed by atoms with van der Waals surface area (Å²) in [6.45, 7) is 0.617. The Bertz CT molecular complexity index is 777. The summed E-state index contributed by atoms with van der Waals surface area (Å²) in [4.78, 5) is 21.4. The molecule has 1 aliphatic rings. The zero-order valence-electron chi connectivity index (χ0n) is 14.5. The molecule has 6 heteroatoms. The van der Waals surface area contributed by atoms with Gasteiger partial charge in [-0.25, -0.2) is 4.99 Å². The van der Waals surface area contributed by atoms with Gasteiger partial charge in [0.25, 0.3) is 0 Å². The van der Waals surface area contributed by atoms with Gasteiger partial charge in [0.1, 0.15) is 5.75 Å². The fraction of sp³-hybridized carbons (Fsp3) is 0.350. The van der Waals surface area contributed by atoms with Crippen LogP contribution in [-0.2, 0) is 11.2 Å². The van der Waals surface area contributed by atoms with Gasteiger partial charge >= 0.3 is 0 Å². The molecule has 2 heterocycles.